The first kappa shape index (κ1) is 17.4. The van der Waals surface area contributed by atoms with Gasteiger partial charge in [-0.25, -0.2) is 4.79 Å². The van der Waals surface area contributed by atoms with Gasteiger partial charge in [-0.2, -0.15) is 0 Å². The van der Waals surface area contributed by atoms with Gasteiger partial charge < -0.3 is 4.74 Å². The smallest absolute Gasteiger partial charge is 0.411 e. The zero-order chi connectivity index (χ0) is 13.7. The van der Waals surface area contributed by atoms with E-state index in [1.54, 1.807) is 12.1 Å². The van der Waals surface area contributed by atoms with Crippen LogP contribution in [0.1, 0.15) is 38.6 Å². The van der Waals surface area contributed by atoms with Crippen LogP contribution in [0.15, 0.2) is 18.2 Å². The second kappa shape index (κ2) is 7.79. The molecule has 19 heavy (non-hydrogen) atoms. The zero-order valence-corrected chi connectivity index (χ0v) is 11.4. The molecule has 0 bridgehead atoms. The molecule has 0 aliphatic rings. The van der Waals surface area contributed by atoms with Crippen molar-refractivity contribution in [3.63, 3.8) is 0 Å². The molecule has 0 heterocycles. The summed E-state index contributed by atoms with van der Waals surface area (Å²) in [4.78, 5) is 22.6. The molecule has 5 heteroatoms. The van der Waals surface area contributed by atoms with Crippen LogP contribution in [0, 0.1) is 5.92 Å². The molecular formula is C14H20ClNO3. The first-order chi connectivity index (χ1) is 8.40. The van der Waals surface area contributed by atoms with Crippen LogP contribution in [-0.4, -0.2) is 18.5 Å². The summed E-state index contributed by atoms with van der Waals surface area (Å²) < 4.78 is 4.96. The summed E-state index contributed by atoms with van der Waals surface area (Å²) >= 11 is 5.92. The fourth-order valence-electron chi connectivity index (χ4n) is 1.27. The minimum Gasteiger partial charge on any atom is -0.449 e. The maximum absolute atomic E-state index is 11.4. The lowest BCUT2D eigenvalue weighted by Gasteiger charge is -2.09. The summed E-state index contributed by atoms with van der Waals surface area (Å²) in [6.45, 7) is 5.69. The van der Waals surface area contributed by atoms with Gasteiger partial charge >= 0.3 is 6.09 Å². The van der Waals surface area contributed by atoms with E-state index < -0.39 is 6.09 Å². The molecule has 106 valence electrons. The number of carbonyl (C=O) groups excluding carboxylic acids is 2. The molecule has 0 spiro atoms. The Bertz CT molecular complexity index is 458. The van der Waals surface area contributed by atoms with Crippen molar-refractivity contribution < 1.29 is 14.3 Å². The van der Waals surface area contributed by atoms with Crippen molar-refractivity contribution in [2.45, 2.75) is 28.2 Å². The van der Waals surface area contributed by atoms with E-state index in [4.69, 9.17) is 16.3 Å². The standard InChI is InChI=1S/C13H16ClNO3.CH4/c1-8(2)7-18-13(17)15-10-4-5-11(9(3)16)12(14)6-10;/h4-6,8H,7H2,1-3H3,(H,15,17);1H4. The SMILES string of the molecule is C.CC(=O)c1ccc(NC(=O)OCC(C)C)cc1Cl. The largest absolute Gasteiger partial charge is 0.449 e. The van der Waals surface area contributed by atoms with E-state index in [9.17, 15) is 9.59 Å². The summed E-state index contributed by atoms with van der Waals surface area (Å²) in [6.07, 6.45) is -0.532. The highest BCUT2D eigenvalue weighted by Gasteiger charge is 2.09. The lowest BCUT2D eigenvalue weighted by molar-refractivity contribution is 0.101. The van der Waals surface area contributed by atoms with Crippen molar-refractivity contribution in [2.24, 2.45) is 5.92 Å². The van der Waals surface area contributed by atoms with E-state index in [-0.39, 0.29) is 19.1 Å². The molecule has 1 amide bonds. The third-order valence-electron chi connectivity index (χ3n) is 2.14. The third-order valence-corrected chi connectivity index (χ3v) is 2.46. The van der Waals surface area contributed by atoms with Gasteiger partial charge in [0.15, 0.2) is 5.78 Å². The van der Waals surface area contributed by atoms with Crippen molar-refractivity contribution in [1.82, 2.24) is 0 Å². The van der Waals surface area contributed by atoms with Gasteiger partial charge in [-0.3, -0.25) is 10.1 Å². The lowest BCUT2D eigenvalue weighted by Crippen LogP contribution is -2.16. The number of hydrogen-bond donors (Lipinski definition) is 1. The first-order valence-electron chi connectivity index (χ1n) is 5.64. The number of ketones is 1. The van der Waals surface area contributed by atoms with E-state index >= 15 is 0 Å². The van der Waals surface area contributed by atoms with Crippen molar-refractivity contribution in [3.05, 3.63) is 28.8 Å². The van der Waals surface area contributed by atoms with Gasteiger partial charge in [-0.15, -0.1) is 0 Å². The van der Waals surface area contributed by atoms with Crippen molar-refractivity contribution in [3.8, 4) is 0 Å². The number of benzene rings is 1. The maximum atomic E-state index is 11.4. The minimum absolute atomic E-state index is 0. The van der Waals surface area contributed by atoms with Crippen LogP contribution in [0.25, 0.3) is 0 Å². The monoisotopic (exact) mass is 285 g/mol. The van der Waals surface area contributed by atoms with Crippen LogP contribution in [0.2, 0.25) is 5.02 Å². The topological polar surface area (TPSA) is 55.4 Å². The molecule has 0 saturated heterocycles. The Morgan fingerprint density at radius 1 is 1.37 bits per heavy atom. The summed E-state index contributed by atoms with van der Waals surface area (Å²) in [6, 6.07) is 4.71. The van der Waals surface area contributed by atoms with E-state index in [1.165, 1.54) is 13.0 Å². The number of ether oxygens (including phenoxy) is 1. The third kappa shape index (κ3) is 5.75. The number of hydrogen-bond acceptors (Lipinski definition) is 3. The van der Waals surface area contributed by atoms with Gasteiger partial charge in [0.2, 0.25) is 0 Å². The fourth-order valence-corrected chi connectivity index (χ4v) is 1.59. The van der Waals surface area contributed by atoms with Gasteiger partial charge in [0.1, 0.15) is 0 Å². The maximum Gasteiger partial charge on any atom is 0.411 e. The molecule has 0 atom stereocenters. The number of Topliss-reactive ketones (excluding diaryl/α,β-unsaturated/α-hetero) is 1. The Kier molecular flexibility index (Phi) is 7.16. The molecule has 1 aromatic rings. The number of anilines is 1. The van der Waals surface area contributed by atoms with Gasteiger partial charge in [0, 0.05) is 11.3 Å². The average molecular weight is 286 g/mol. The number of amides is 1. The van der Waals surface area contributed by atoms with E-state index in [2.05, 4.69) is 5.32 Å². The normalized spacial score (nSPS) is 9.74. The van der Waals surface area contributed by atoms with Gasteiger partial charge in [0.25, 0.3) is 0 Å². The first-order valence-corrected chi connectivity index (χ1v) is 6.02. The van der Waals surface area contributed by atoms with E-state index in [0.29, 0.717) is 22.9 Å². The van der Waals surface area contributed by atoms with Crippen LogP contribution < -0.4 is 5.32 Å². The Morgan fingerprint density at radius 3 is 2.47 bits per heavy atom. The van der Waals surface area contributed by atoms with Gasteiger partial charge in [0.05, 0.1) is 11.6 Å². The number of carbonyl (C=O) groups is 2. The Labute approximate surface area is 119 Å². The molecule has 0 aliphatic heterocycles. The summed E-state index contributed by atoms with van der Waals surface area (Å²) in [7, 11) is 0. The molecule has 1 rings (SSSR count). The highest BCUT2D eigenvalue weighted by Crippen LogP contribution is 2.21. The highest BCUT2D eigenvalue weighted by atomic mass is 35.5. The lowest BCUT2D eigenvalue weighted by atomic mass is 10.1. The van der Waals surface area contributed by atoms with Crippen molar-refractivity contribution in [1.29, 1.82) is 0 Å². The minimum atomic E-state index is -0.532. The summed E-state index contributed by atoms with van der Waals surface area (Å²) in [5.41, 5.74) is 0.927. The van der Waals surface area contributed by atoms with Crippen LogP contribution in [-0.2, 0) is 4.74 Å². The van der Waals surface area contributed by atoms with Gasteiger partial charge in [-0.1, -0.05) is 32.9 Å². The average Bonchev–Trinajstić information content (AvgIpc) is 2.26. The molecule has 0 unspecified atom stereocenters. The summed E-state index contributed by atoms with van der Waals surface area (Å²) in [5, 5.41) is 2.86. The molecule has 4 nitrogen and oxygen atoms in total. The number of halogens is 1. The molecular weight excluding hydrogens is 266 g/mol. The van der Waals surface area contributed by atoms with Crippen LogP contribution in [0.3, 0.4) is 0 Å². The predicted octanol–water partition coefficient (Wildman–Crippen LogP) is 4.38. The molecule has 1 N–H and O–H groups in total. The highest BCUT2D eigenvalue weighted by molar-refractivity contribution is 6.34. The molecule has 1 aromatic carbocycles. The Hall–Kier alpha value is -1.55. The number of rotatable bonds is 4. The Balaban J connectivity index is 0.00000324. The van der Waals surface area contributed by atoms with E-state index in [0.717, 1.165) is 0 Å². The molecule has 0 fully saturated rings. The van der Waals surface area contributed by atoms with Crippen molar-refractivity contribution in [2.75, 3.05) is 11.9 Å². The fraction of sp³-hybridized carbons (Fsp3) is 0.429. The van der Waals surface area contributed by atoms with Crippen LogP contribution in [0.4, 0.5) is 10.5 Å². The van der Waals surface area contributed by atoms with Crippen molar-refractivity contribution >= 4 is 29.2 Å². The van der Waals surface area contributed by atoms with Gasteiger partial charge in [-0.05, 0) is 31.0 Å². The molecule has 0 aliphatic carbocycles. The molecule has 0 aromatic heterocycles. The summed E-state index contributed by atoms with van der Waals surface area (Å²) in [5.74, 6) is 0.161. The van der Waals surface area contributed by atoms with E-state index in [1.807, 2.05) is 13.8 Å². The van der Waals surface area contributed by atoms with Crippen LogP contribution in [0.5, 0.6) is 0 Å². The quantitative estimate of drug-likeness (QED) is 0.835. The molecule has 0 saturated carbocycles. The van der Waals surface area contributed by atoms with Crippen LogP contribution >= 0.6 is 11.6 Å². The Morgan fingerprint density at radius 2 is 2.00 bits per heavy atom. The second-order valence-corrected chi connectivity index (χ2v) is 4.78. The number of nitrogens with one attached hydrogen (secondary N) is 1. The zero-order valence-electron chi connectivity index (χ0n) is 10.6. The predicted molar refractivity (Wildman–Crippen MR) is 78.0 cm³/mol. The second-order valence-electron chi connectivity index (χ2n) is 4.37. The molecule has 0 radical (unpaired) electrons.